The van der Waals surface area contributed by atoms with Gasteiger partial charge in [0, 0.05) is 6.07 Å². The molecule has 2 rings (SSSR count). The SMILES string of the molecule is COC(=O)c1nn(-c2ccccc2F)c(=O)cc1NC(=O)OC(C)(C)C. The Hall–Kier alpha value is -3.23. The Bertz CT molecular complexity index is 902. The summed E-state index contributed by atoms with van der Waals surface area (Å²) in [7, 11) is 1.11. The highest BCUT2D eigenvalue weighted by atomic mass is 19.1. The maximum absolute atomic E-state index is 14.0. The van der Waals surface area contributed by atoms with E-state index in [1.807, 2.05) is 0 Å². The van der Waals surface area contributed by atoms with Crippen LogP contribution in [0, 0.1) is 5.82 Å². The van der Waals surface area contributed by atoms with Crippen molar-refractivity contribution in [1.82, 2.24) is 9.78 Å². The monoisotopic (exact) mass is 363 g/mol. The molecule has 0 saturated heterocycles. The maximum atomic E-state index is 14.0. The second kappa shape index (κ2) is 7.34. The number of ether oxygens (including phenoxy) is 2. The molecule has 1 aromatic heterocycles. The van der Waals surface area contributed by atoms with E-state index in [1.54, 1.807) is 20.8 Å². The molecule has 0 saturated carbocycles. The molecular weight excluding hydrogens is 345 g/mol. The van der Waals surface area contributed by atoms with Crippen LogP contribution in [0.5, 0.6) is 0 Å². The van der Waals surface area contributed by atoms with Crippen molar-refractivity contribution in [2.45, 2.75) is 26.4 Å². The fourth-order valence-corrected chi connectivity index (χ4v) is 2.01. The molecule has 26 heavy (non-hydrogen) atoms. The largest absolute Gasteiger partial charge is 0.464 e. The van der Waals surface area contributed by atoms with Gasteiger partial charge in [-0.15, -0.1) is 0 Å². The third kappa shape index (κ3) is 4.44. The molecule has 0 unspecified atom stereocenters. The summed E-state index contributed by atoms with van der Waals surface area (Å²) >= 11 is 0. The zero-order valence-corrected chi connectivity index (χ0v) is 14.7. The first kappa shape index (κ1) is 19.1. The van der Waals surface area contributed by atoms with Gasteiger partial charge in [0.05, 0.1) is 12.8 Å². The third-order valence-electron chi connectivity index (χ3n) is 3.03. The van der Waals surface area contributed by atoms with Crippen LogP contribution in [0.15, 0.2) is 35.1 Å². The number of nitrogens with zero attached hydrogens (tertiary/aromatic N) is 2. The van der Waals surface area contributed by atoms with Gasteiger partial charge in [0.2, 0.25) is 0 Å². The zero-order chi connectivity index (χ0) is 19.5. The first-order valence-corrected chi connectivity index (χ1v) is 7.60. The van der Waals surface area contributed by atoms with Crippen LogP contribution in [0.25, 0.3) is 5.69 Å². The third-order valence-corrected chi connectivity index (χ3v) is 3.03. The molecule has 0 aliphatic carbocycles. The summed E-state index contributed by atoms with van der Waals surface area (Å²) in [5.41, 5.74) is -2.27. The minimum Gasteiger partial charge on any atom is -0.464 e. The number of esters is 1. The highest BCUT2D eigenvalue weighted by molar-refractivity contribution is 5.97. The molecule has 0 atom stereocenters. The highest BCUT2D eigenvalue weighted by Crippen LogP contribution is 2.16. The number of rotatable bonds is 3. The van der Waals surface area contributed by atoms with E-state index in [9.17, 15) is 18.8 Å². The number of nitrogens with one attached hydrogen (secondary N) is 1. The van der Waals surface area contributed by atoms with Gasteiger partial charge in [0.15, 0.2) is 5.69 Å². The number of carbonyl (C=O) groups excluding carboxylic acids is 2. The molecule has 0 radical (unpaired) electrons. The quantitative estimate of drug-likeness (QED) is 0.841. The lowest BCUT2D eigenvalue weighted by Gasteiger charge is -2.20. The summed E-state index contributed by atoms with van der Waals surface area (Å²) < 4.78 is 24.4. The van der Waals surface area contributed by atoms with E-state index in [2.05, 4.69) is 15.2 Å². The Morgan fingerprint density at radius 2 is 1.88 bits per heavy atom. The Balaban J connectivity index is 2.52. The van der Waals surface area contributed by atoms with Crippen molar-refractivity contribution in [2.75, 3.05) is 12.4 Å². The normalized spacial score (nSPS) is 11.0. The molecule has 9 heteroatoms. The molecule has 1 N–H and O–H groups in total. The lowest BCUT2D eigenvalue weighted by molar-refractivity contribution is 0.0593. The second-order valence-corrected chi connectivity index (χ2v) is 6.23. The molecule has 0 aliphatic heterocycles. The van der Waals surface area contributed by atoms with Gasteiger partial charge in [-0.05, 0) is 32.9 Å². The minimum atomic E-state index is -0.916. The standard InChI is InChI=1S/C17H18FN3O5/c1-17(2,3)26-16(24)19-11-9-13(22)21(20-14(11)15(23)25-4)12-8-6-5-7-10(12)18/h5-9H,1-4H3,(H,19,24). The summed E-state index contributed by atoms with van der Waals surface area (Å²) in [6, 6.07) is 6.37. The molecule has 0 aliphatic rings. The zero-order valence-electron chi connectivity index (χ0n) is 14.7. The molecule has 138 valence electrons. The van der Waals surface area contributed by atoms with Gasteiger partial charge in [-0.3, -0.25) is 10.1 Å². The first-order chi connectivity index (χ1) is 12.1. The summed E-state index contributed by atoms with van der Waals surface area (Å²) in [6.07, 6.45) is -0.882. The van der Waals surface area contributed by atoms with E-state index in [4.69, 9.17) is 4.74 Å². The molecule has 1 aromatic carbocycles. The lowest BCUT2D eigenvalue weighted by Crippen LogP contribution is -2.30. The molecule has 0 fully saturated rings. The van der Waals surface area contributed by atoms with Crippen molar-refractivity contribution >= 4 is 17.7 Å². The van der Waals surface area contributed by atoms with Crippen LogP contribution in [0.2, 0.25) is 0 Å². The van der Waals surface area contributed by atoms with Crippen LogP contribution in [-0.4, -0.2) is 34.6 Å². The fourth-order valence-electron chi connectivity index (χ4n) is 2.01. The van der Waals surface area contributed by atoms with Gasteiger partial charge >= 0.3 is 12.1 Å². The van der Waals surface area contributed by atoms with E-state index in [0.29, 0.717) is 4.68 Å². The summed E-state index contributed by atoms with van der Waals surface area (Å²) in [5.74, 6) is -1.62. The highest BCUT2D eigenvalue weighted by Gasteiger charge is 2.23. The number of hydrogen-bond acceptors (Lipinski definition) is 6. The number of carbonyl (C=O) groups is 2. The number of hydrogen-bond donors (Lipinski definition) is 1. The molecule has 1 heterocycles. The Morgan fingerprint density at radius 3 is 2.46 bits per heavy atom. The smallest absolute Gasteiger partial charge is 0.412 e. The van der Waals surface area contributed by atoms with Crippen LogP contribution in [0.1, 0.15) is 31.3 Å². The lowest BCUT2D eigenvalue weighted by atomic mass is 10.2. The van der Waals surface area contributed by atoms with E-state index in [0.717, 1.165) is 19.2 Å². The second-order valence-electron chi connectivity index (χ2n) is 6.23. The van der Waals surface area contributed by atoms with Crippen molar-refractivity contribution in [3.63, 3.8) is 0 Å². The fraction of sp³-hybridized carbons (Fsp3) is 0.294. The Kier molecular flexibility index (Phi) is 5.39. The summed E-state index contributed by atoms with van der Waals surface area (Å²) in [6.45, 7) is 4.96. The van der Waals surface area contributed by atoms with Crippen LogP contribution >= 0.6 is 0 Å². The number of para-hydroxylation sites is 1. The number of anilines is 1. The van der Waals surface area contributed by atoms with Crippen molar-refractivity contribution in [1.29, 1.82) is 0 Å². The van der Waals surface area contributed by atoms with Crippen molar-refractivity contribution in [2.24, 2.45) is 0 Å². The van der Waals surface area contributed by atoms with Gasteiger partial charge in [-0.25, -0.2) is 14.0 Å². The van der Waals surface area contributed by atoms with Crippen LogP contribution in [-0.2, 0) is 9.47 Å². The predicted molar refractivity (Wildman–Crippen MR) is 91.0 cm³/mol. The molecular formula is C17H18FN3O5. The number of methoxy groups -OCH3 is 1. The van der Waals surface area contributed by atoms with Crippen LogP contribution < -0.4 is 10.9 Å². The predicted octanol–water partition coefficient (Wildman–Crippen LogP) is 2.51. The van der Waals surface area contributed by atoms with Crippen molar-refractivity contribution in [3.05, 3.63) is 52.2 Å². The van der Waals surface area contributed by atoms with E-state index in [1.165, 1.54) is 18.2 Å². The molecule has 0 bridgehead atoms. The van der Waals surface area contributed by atoms with Crippen LogP contribution in [0.4, 0.5) is 14.9 Å². The van der Waals surface area contributed by atoms with Gasteiger partial charge in [0.1, 0.15) is 17.1 Å². The van der Waals surface area contributed by atoms with Gasteiger partial charge in [-0.1, -0.05) is 12.1 Å². The Labute approximate surface area is 148 Å². The van der Waals surface area contributed by atoms with Gasteiger partial charge < -0.3 is 9.47 Å². The number of aromatic nitrogens is 2. The summed E-state index contributed by atoms with van der Waals surface area (Å²) in [5, 5.41) is 6.13. The minimum absolute atomic E-state index is 0.147. The molecule has 0 spiro atoms. The average molecular weight is 363 g/mol. The maximum Gasteiger partial charge on any atom is 0.412 e. The van der Waals surface area contributed by atoms with Gasteiger partial charge in [0.25, 0.3) is 5.56 Å². The van der Waals surface area contributed by atoms with Crippen LogP contribution in [0.3, 0.4) is 0 Å². The Morgan fingerprint density at radius 1 is 1.23 bits per heavy atom. The van der Waals surface area contributed by atoms with Crippen molar-refractivity contribution in [3.8, 4) is 5.69 Å². The number of amides is 1. The molecule has 2 aromatic rings. The van der Waals surface area contributed by atoms with Crippen molar-refractivity contribution < 1.29 is 23.5 Å². The average Bonchev–Trinajstić information content (AvgIpc) is 2.53. The molecule has 8 nitrogen and oxygen atoms in total. The van der Waals surface area contributed by atoms with E-state index in [-0.39, 0.29) is 17.1 Å². The first-order valence-electron chi connectivity index (χ1n) is 7.60. The van der Waals surface area contributed by atoms with E-state index < -0.39 is 29.0 Å². The topological polar surface area (TPSA) is 99.5 Å². The number of benzene rings is 1. The number of halogens is 1. The van der Waals surface area contributed by atoms with E-state index >= 15 is 0 Å². The molecule has 1 amide bonds. The summed E-state index contributed by atoms with van der Waals surface area (Å²) in [4.78, 5) is 36.2. The van der Waals surface area contributed by atoms with Gasteiger partial charge in [-0.2, -0.15) is 9.78 Å².